The number of hydrogen-bond acceptors (Lipinski definition) is 4. The molecule has 0 aromatic heterocycles. The quantitative estimate of drug-likeness (QED) is 0.629. The van der Waals surface area contributed by atoms with E-state index in [0.29, 0.717) is 10.8 Å². The van der Waals surface area contributed by atoms with Crippen molar-refractivity contribution in [1.82, 2.24) is 5.43 Å². The van der Waals surface area contributed by atoms with Gasteiger partial charge in [-0.15, -0.1) is 0 Å². The van der Waals surface area contributed by atoms with Gasteiger partial charge in [0.2, 0.25) is 0 Å². The van der Waals surface area contributed by atoms with Crippen molar-refractivity contribution < 1.29 is 8.42 Å². The van der Waals surface area contributed by atoms with E-state index in [2.05, 4.69) is 5.43 Å². The Hall–Kier alpha value is -0.910. The highest BCUT2D eigenvalue weighted by Gasteiger charge is 2.28. The molecule has 0 spiro atoms. The lowest BCUT2D eigenvalue weighted by Gasteiger charge is -2.33. The number of nitrogens with two attached hydrogens (primary N) is 1. The number of hydrogen-bond donors (Lipinski definition) is 2. The Bertz CT molecular complexity index is 495. The summed E-state index contributed by atoms with van der Waals surface area (Å²) in [7, 11) is -3.15. The van der Waals surface area contributed by atoms with E-state index in [1.165, 1.54) is 12.7 Å². The van der Waals surface area contributed by atoms with Crippen molar-refractivity contribution in [2.75, 3.05) is 6.26 Å². The standard InChI is InChI=1S/C12H18N2O2S/c1-17(15,16)11-7-3-6-10(8-11)12(14-13)9-4-2-5-9/h3,6-9,12,14H,2,4-5,13H2,1H3. The summed E-state index contributed by atoms with van der Waals surface area (Å²) in [5, 5.41) is 0. The molecule has 4 nitrogen and oxygen atoms in total. The van der Waals surface area contributed by atoms with E-state index in [0.717, 1.165) is 18.4 Å². The number of nitrogens with one attached hydrogen (secondary N) is 1. The number of sulfone groups is 1. The first-order valence-corrected chi connectivity index (χ1v) is 7.67. The summed E-state index contributed by atoms with van der Waals surface area (Å²) in [6.45, 7) is 0. The molecule has 2 rings (SSSR count). The van der Waals surface area contributed by atoms with Crippen LogP contribution < -0.4 is 11.3 Å². The maximum absolute atomic E-state index is 11.5. The highest BCUT2D eigenvalue weighted by molar-refractivity contribution is 7.90. The van der Waals surface area contributed by atoms with Crippen LogP contribution in [-0.4, -0.2) is 14.7 Å². The lowest BCUT2D eigenvalue weighted by atomic mass is 9.77. The van der Waals surface area contributed by atoms with E-state index < -0.39 is 9.84 Å². The highest BCUT2D eigenvalue weighted by Crippen LogP contribution is 2.37. The minimum atomic E-state index is -3.15. The van der Waals surface area contributed by atoms with E-state index in [1.54, 1.807) is 18.2 Å². The van der Waals surface area contributed by atoms with Crippen LogP contribution in [0.5, 0.6) is 0 Å². The molecule has 1 aromatic rings. The van der Waals surface area contributed by atoms with Gasteiger partial charge in [0, 0.05) is 12.3 Å². The van der Waals surface area contributed by atoms with Gasteiger partial charge in [-0.3, -0.25) is 11.3 Å². The first kappa shape index (κ1) is 12.5. The van der Waals surface area contributed by atoms with Gasteiger partial charge in [0.1, 0.15) is 0 Å². The van der Waals surface area contributed by atoms with Crippen LogP contribution in [0.1, 0.15) is 30.9 Å². The molecule has 1 aliphatic carbocycles. The second kappa shape index (κ2) is 4.76. The third-order valence-electron chi connectivity index (χ3n) is 3.45. The van der Waals surface area contributed by atoms with Gasteiger partial charge in [-0.25, -0.2) is 8.42 Å². The van der Waals surface area contributed by atoms with Gasteiger partial charge in [-0.05, 0) is 36.5 Å². The second-order valence-electron chi connectivity index (χ2n) is 4.68. The minimum absolute atomic E-state index is 0.0606. The Morgan fingerprint density at radius 2 is 2.12 bits per heavy atom. The average molecular weight is 254 g/mol. The largest absolute Gasteiger partial charge is 0.271 e. The fraction of sp³-hybridized carbons (Fsp3) is 0.500. The van der Waals surface area contributed by atoms with Crippen LogP contribution in [-0.2, 0) is 9.84 Å². The average Bonchev–Trinajstić information content (AvgIpc) is 2.22. The van der Waals surface area contributed by atoms with Gasteiger partial charge in [-0.1, -0.05) is 18.6 Å². The summed E-state index contributed by atoms with van der Waals surface area (Å²) in [6, 6.07) is 7.10. The van der Waals surface area contributed by atoms with Crippen LogP contribution >= 0.6 is 0 Å². The molecule has 5 heteroatoms. The van der Waals surface area contributed by atoms with Crippen molar-refractivity contribution in [1.29, 1.82) is 0 Å². The Morgan fingerprint density at radius 1 is 1.41 bits per heavy atom. The van der Waals surface area contributed by atoms with E-state index in [-0.39, 0.29) is 6.04 Å². The molecule has 1 atom stereocenters. The zero-order valence-corrected chi connectivity index (χ0v) is 10.7. The minimum Gasteiger partial charge on any atom is -0.271 e. The van der Waals surface area contributed by atoms with Crippen LogP contribution in [0.4, 0.5) is 0 Å². The summed E-state index contributed by atoms with van der Waals surface area (Å²) in [4.78, 5) is 0.356. The molecule has 1 fully saturated rings. The van der Waals surface area contributed by atoms with E-state index in [9.17, 15) is 8.42 Å². The smallest absolute Gasteiger partial charge is 0.175 e. The van der Waals surface area contributed by atoms with Crippen molar-refractivity contribution in [3.8, 4) is 0 Å². The Morgan fingerprint density at radius 3 is 2.59 bits per heavy atom. The Kier molecular flexibility index (Phi) is 3.51. The predicted molar refractivity (Wildman–Crippen MR) is 67.0 cm³/mol. The molecule has 1 aromatic carbocycles. The maximum atomic E-state index is 11.5. The Balaban J connectivity index is 2.31. The van der Waals surface area contributed by atoms with Crippen molar-refractivity contribution in [3.05, 3.63) is 29.8 Å². The zero-order chi connectivity index (χ0) is 12.5. The molecule has 0 bridgehead atoms. The van der Waals surface area contributed by atoms with Gasteiger partial charge in [-0.2, -0.15) is 0 Å². The molecular weight excluding hydrogens is 236 g/mol. The normalized spacial score (nSPS) is 18.7. The molecule has 1 aliphatic rings. The first-order chi connectivity index (χ1) is 8.02. The monoisotopic (exact) mass is 254 g/mol. The highest BCUT2D eigenvalue weighted by atomic mass is 32.2. The van der Waals surface area contributed by atoms with Crippen molar-refractivity contribution in [2.24, 2.45) is 11.8 Å². The fourth-order valence-corrected chi connectivity index (χ4v) is 2.89. The third kappa shape index (κ3) is 2.68. The molecular formula is C12H18N2O2S. The lowest BCUT2D eigenvalue weighted by Crippen LogP contribution is -2.36. The van der Waals surface area contributed by atoms with E-state index >= 15 is 0 Å². The summed E-state index contributed by atoms with van der Waals surface area (Å²) in [6.07, 6.45) is 4.75. The van der Waals surface area contributed by atoms with Crippen molar-refractivity contribution in [2.45, 2.75) is 30.2 Å². The molecule has 17 heavy (non-hydrogen) atoms. The van der Waals surface area contributed by atoms with Crippen LogP contribution in [0, 0.1) is 5.92 Å². The van der Waals surface area contributed by atoms with Crippen LogP contribution in [0.15, 0.2) is 29.2 Å². The van der Waals surface area contributed by atoms with Gasteiger partial charge in [0.15, 0.2) is 9.84 Å². The molecule has 0 heterocycles. The van der Waals surface area contributed by atoms with Crippen molar-refractivity contribution in [3.63, 3.8) is 0 Å². The van der Waals surface area contributed by atoms with Crippen molar-refractivity contribution >= 4 is 9.84 Å². The third-order valence-corrected chi connectivity index (χ3v) is 4.56. The summed E-state index contributed by atoms with van der Waals surface area (Å²) in [5.41, 5.74) is 3.76. The first-order valence-electron chi connectivity index (χ1n) is 5.78. The topological polar surface area (TPSA) is 72.2 Å². The van der Waals surface area contributed by atoms with E-state index in [4.69, 9.17) is 5.84 Å². The molecule has 94 valence electrons. The number of benzene rings is 1. The maximum Gasteiger partial charge on any atom is 0.175 e. The molecule has 0 amide bonds. The van der Waals surface area contributed by atoms with Crippen LogP contribution in [0.25, 0.3) is 0 Å². The zero-order valence-electron chi connectivity index (χ0n) is 9.89. The van der Waals surface area contributed by atoms with Gasteiger partial charge < -0.3 is 0 Å². The molecule has 0 saturated heterocycles. The fourth-order valence-electron chi connectivity index (χ4n) is 2.22. The molecule has 0 radical (unpaired) electrons. The summed E-state index contributed by atoms with van der Waals surface area (Å²) in [5.74, 6) is 6.10. The molecule has 1 unspecified atom stereocenters. The van der Waals surface area contributed by atoms with Gasteiger partial charge in [0.05, 0.1) is 4.90 Å². The SMILES string of the molecule is CS(=O)(=O)c1cccc(C(NN)C2CCC2)c1. The van der Waals surface area contributed by atoms with E-state index in [1.807, 2.05) is 6.07 Å². The number of rotatable bonds is 4. The van der Waals surface area contributed by atoms with Gasteiger partial charge in [0.25, 0.3) is 0 Å². The van der Waals surface area contributed by atoms with Gasteiger partial charge >= 0.3 is 0 Å². The predicted octanol–water partition coefficient (Wildman–Crippen LogP) is 1.39. The lowest BCUT2D eigenvalue weighted by molar-refractivity contribution is 0.232. The summed E-state index contributed by atoms with van der Waals surface area (Å²) >= 11 is 0. The molecule has 1 saturated carbocycles. The Labute approximate surface area is 102 Å². The summed E-state index contributed by atoms with van der Waals surface area (Å²) < 4.78 is 23.0. The van der Waals surface area contributed by atoms with Crippen LogP contribution in [0.3, 0.4) is 0 Å². The second-order valence-corrected chi connectivity index (χ2v) is 6.70. The van der Waals surface area contributed by atoms with Crippen LogP contribution in [0.2, 0.25) is 0 Å². The number of hydrazine groups is 1. The molecule has 3 N–H and O–H groups in total. The molecule has 0 aliphatic heterocycles.